The smallest absolute Gasteiger partial charge is 0.269 e. The molecule has 134 valence electrons. The van der Waals surface area contributed by atoms with E-state index in [0.717, 1.165) is 10.4 Å². The summed E-state index contributed by atoms with van der Waals surface area (Å²) in [6, 6.07) is 5.57. The highest BCUT2D eigenvalue weighted by molar-refractivity contribution is 7.18. The molecule has 0 atom stereocenters. The molecule has 8 nitrogen and oxygen atoms in total. The highest BCUT2D eigenvalue weighted by atomic mass is 32.1. The number of carbonyl (C=O) groups is 1. The van der Waals surface area contributed by atoms with Crippen molar-refractivity contribution in [2.24, 2.45) is 0 Å². The predicted molar refractivity (Wildman–Crippen MR) is 99.7 cm³/mol. The first kappa shape index (κ1) is 17.7. The van der Waals surface area contributed by atoms with Crippen molar-refractivity contribution in [3.8, 4) is 0 Å². The van der Waals surface area contributed by atoms with E-state index < -0.39 is 4.92 Å². The minimum atomic E-state index is -0.505. The van der Waals surface area contributed by atoms with Gasteiger partial charge < -0.3 is 5.32 Å². The van der Waals surface area contributed by atoms with Gasteiger partial charge in [0.2, 0.25) is 5.91 Å². The molecule has 1 amide bonds. The second-order valence-electron chi connectivity index (χ2n) is 5.81. The predicted octanol–water partition coefficient (Wildman–Crippen LogP) is 3.01. The van der Waals surface area contributed by atoms with Gasteiger partial charge in [-0.2, -0.15) is 0 Å². The number of hydrogen-bond acceptors (Lipinski definition) is 6. The van der Waals surface area contributed by atoms with Gasteiger partial charge in [0.05, 0.1) is 16.6 Å². The standard InChI is InChI=1S/C17H16N4O4S/c1-10-11(2)26-16-15(10)17(23)20(9-18-16)8-7-14(22)19-12-3-5-13(6-4-12)21(24)25/h3-6,9H,7-8H2,1-2H3,(H,19,22). The van der Waals surface area contributed by atoms with Crippen molar-refractivity contribution in [1.82, 2.24) is 9.55 Å². The summed E-state index contributed by atoms with van der Waals surface area (Å²) in [6.07, 6.45) is 1.55. The Balaban J connectivity index is 1.69. The summed E-state index contributed by atoms with van der Waals surface area (Å²) in [5, 5.41) is 13.9. The third kappa shape index (κ3) is 3.47. The van der Waals surface area contributed by atoms with Gasteiger partial charge in [0, 0.05) is 35.7 Å². The highest BCUT2D eigenvalue weighted by Gasteiger charge is 2.13. The zero-order chi connectivity index (χ0) is 18.8. The molecule has 0 saturated heterocycles. The Kier molecular flexibility index (Phi) is 4.81. The average molecular weight is 372 g/mol. The SMILES string of the molecule is Cc1sc2ncn(CCC(=O)Nc3ccc([N+](=O)[O-])cc3)c(=O)c2c1C. The number of rotatable bonds is 5. The van der Waals surface area contributed by atoms with Crippen molar-refractivity contribution in [3.63, 3.8) is 0 Å². The second kappa shape index (κ2) is 7.04. The molecule has 2 aromatic heterocycles. The van der Waals surface area contributed by atoms with E-state index in [1.165, 1.54) is 46.5 Å². The molecule has 0 aliphatic heterocycles. The largest absolute Gasteiger partial charge is 0.326 e. The molecule has 3 aromatic rings. The molecule has 3 rings (SSSR count). The van der Waals surface area contributed by atoms with Crippen molar-refractivity contribution in [2.45, 2.75) is 26.8 Å². The number of anilines is 1. The van der Waals surface area contributed by atoms with Gasteiger partial charge in [-0.25, -0.2) is 4.98 Å². The third-order valence-corrected chi connectivity index (χ3v) is 5.21. The molecule has 0 aliphatic carbocycles. The molecular weight excluding hydrogens is 356 g/mol. The third-order valence-electron chi connectivity index (χ3n) is 4.10. The second-order valence-corrected chi connectivity index (χ2v) is 7.01. The maximum atomic E-state index is 12.6. The van der Waals surface area contributed by atoms with Crippen LogP contribution in [0, 0.1) is 24.0 Å². The van der Waals surface area contributed by atoms with E-state index in [1.807, 2.05) is 13.8 Å². The van der Waals surface area contributed by atoms with E-state index in [0.29, 0.717) is 15.9 Å². The van der Waals surface area contributed by atoms with Crippen molar-refractivity contribution < 1.29 is 9.72 Å². The van der Waals surface area contributed by atoms with Crippen LogP contribution in [-0.4, -0.2) is 20.4 Å². The zero-order valence-corrected chi connectivity index (χ0v) is 15.0. The number of non-ortho nitro benzene ring substituents is 1. The number of amides is 1. The van der Waals surface area contributed by atoms with Crippen LogP contribution in [0.2, 0.25) is 0 Å². The number of nitro groups is 1. The summed E-state index contributed by atoms with van der Waals surface area (Å²) >= 11 is 1.48. The fourth-order valence-corrected chi connectivity index (χ4v) is 3.53. The number of aromatic nitrogens is 2. The first-order valence-corrected chi connectivity index (χ1v) is 8.68. The van der Waals surface area contributed by atoms with Gasteiger partial charge in [0.15, 0.2) is 0 Å². The van der Waals surface area contributed by atoms with Gasteiger partial charge >= 0.3 is 0 Å². The van der Waals surface area contributed by atoms with Gasteiger partial charge in [-0.3, -0.25) is 24.3 Å². The Morgan fingerprint density at radius 2 is 2.00 bits per heavy atom. The van der Waals surface area contributed by atoms with E-state index in [2.05, 4.69) is 10.3 Å². The number of nitrogens with one attached hydrogen (secondary N) is 1. The van der Waals surface area contributed by atoms with Crippen molar-refractivity contribution >= 4 is 38.8 Å². The number of carbonyl (C=O) groups excluding carboxylic acids is 1. The summed E-state index contributed by atoms with van der Waals surface area (Å²) in [6.45, 7) is 4.04. The fourth-order valence-electron chi connectivity index (χ4n) is 2.54. The van der Waals surface area contributed by atoms with Gasteiger partial charge in [-0.05, 0) is 31.5 Å². The average Bonchev–Trinajstić information content (AvgIpc) is 2.90. The molecule has 0 radical (unpaired) electrons. The summed E-state index contributed by atoms with van der Waals surface area (Å²) < 4.78 is 1.43. The zero-order valence-electron chi connectivity index (χ0n) is 14.2. The van der Waals surface area contributed by atoms with Crippen LogP contribution >= 0.6 is 11.3 Å². The number of nitro benzene ring substituents is 1. The van der Waals surface area contributed by atoms with Gasteiger partial charge in [0.1, 0.15) is 4.83 Å². The van der Waals surface area contributed by atoms with E-state index in [-0.39, 0.29) is 30.1 Å². The number of fused-ring (bicyclic) bond motifs is 1. The van der Waals surface area contributed by atoms with Crippen LogP contribution in [0.3, 0.4) is 0 Å². The first-order chi connectivity index (χ1) is 12.4. The Labute approximate surface area is 152 Å². The maximum absolute atomic E-state index is 12.6. The van der Waals surface area contributed by atoms with Gasteiger partial charge in [-0.15, -0.1) is 11.3 Å². The van der Waals surface area contributed by atoms with Crippen molar-refractivity contribution in [1.29, 1.82) is 0 Å². The van der Waals surface area contributed by atoms with Gasteiger partial charge in [-0.1, -0.05) is 0 Å². The molecule has 0 fully saturated rings. The molecule has 0 saturated carbocycles. The quantitative estimate of drug-likeness (QED) is 0.547. The molecule has 26 heavy (non-hydrogen) atoms. The summed E-state index contributed by atoms with van der Waals surface area (Å²) in [7, 11) is 0. The number of nitrogens with zero attached hydrogens (tertiary/aromatic N) is 3. The first-order valence-electron chi connectivity index (χ1n) is 7.86. The molecule has 1 N–H and O–H groups in total. The number of benzene rings is 1. The lowest BCUT2D eigenvalue weighted by Crippen LogP contribution is -2.23. The van der Waals surface area contributed by atoms with Crippen LogP contribution in [0.15, 0.2) is 35.4 Å². The maximum Gasteiger partial charge on any atom is 0.269 e. The van der Waals surface area contributed by atoms with E-state index in [1.54, 1.807) is 0 Å². The summed E-state index contributed by atoms with van der Waals surface area (Å²) in [5.41, 5.74) is 1.19. The lowest BCUT2D eigenvalue weighted by Gasteiger charge is -2.07. The monoisotopic (exact) mass is 372 g/mol. The minimum absolute atomic E-state index is 0.0460. The van der Waals surface area contributed by atoms with Crippen LogP contribution in [0.5, 0.6) is 0 Å². The number of thiophene rings is 1. The Hall–Kier alpha value is -3.07. The Morgan fingerprint density at radius 3 is 2.65 bits per heavy atom. The van der Waals surface area contributed by atoms with Crippen molar-refractivity contribution in [3.05, 3.63) is 61.5 Å². The lowest BCUT2D eigenvalue weighted by molar-refractivity contribution is -0.384. The normalized spacial score (nSPS) is 10.8. The molecule has 9 heteroatoms. The molecule has 0 spiro atoms. The van der Waals surface area contributed by atoms with E-state index in [9.17, 15) is 19.7 Å². The molecule has 2 heterocycles. The number of hydrogen-bond donors (Lipinski definition) is 1. The van der Waals surface area contributed by atoms with Crippen molar-refractivity contribution in [2.75, 3.05) is 5.32 Å². The topological polar surface area (TPSA) is 107 Å². The highest BCUT2D eigenvalue weighted by Crippen LogP contribution is 2.25. The number of aryl methyl sites for hydroxylation is 3. The molecule has 0 bridgehead atoms. The van der Waals surface area contributed by atoms with Crippen LogP contribution in [0.25, 0.3) is 10.2 Å². The van der Waals surface area contributed by atoms with Crippen LogP contribution in [0.4, 0.5) is 11.4 Å². The molecule has 0 unspecified atom stereocenters. The van der Waals surface area contributed by atoms with E-state index >= 15 is 0 Å². The van der Waals surface area contributed by atoms with Gasteiger partial charge in [0.25, 0.3) is 11.2 Å². The molecule has 0 aliphatic rings. The Morgan fingerprint density at radius 1 is 1.31 bits per heavy atom. The van der Waals surface area contributed by atoms with Crippen LogP contribution < -0.4 is 10.9 Å². The lowest BCUT2D eigenvalue weighted by atomic mass is 10.2. The summed E-state index contributed by atoms with van der Waals surface area (Å²) in [4.78, 5) is 40.8. The molecular formula is C17H16N4O4S. The minimum Gasteiger partial charge on any atom is -0.326 e. The fraction of sp³-hybridized carbons (Fsp3) is 0.235. The van der Waals surface area contributed by atoms with Crippen LogP contribution in [0.1, 0.15) is 16.9 Å². The van der Waals surface area contributed by atoms with E-state index in [4.69, 9.17) is 0 Å². The summed E-state index contributed by atoms with van der Waals surface area (Å²) in [5.74, 6) is -0.288. The van der Waals surface area contributed by atoms with Crippen LogP contribution in [-0.2, 0) is 11.3 Å². The Bertz CT molecular complexity index is 1050. The molecule has 1 aromatic carbocycles.